The van der Waals surface area contributed by atoms with Crippen LogP contribution in [0.5, 0.6) is 0 Å². The molecule has 0 atom stereocenters. The second-order valence-electron chi connectivity index (χ2n) is 3.43. The van der Waals surface area contributed by atoms with E-state index in [0.29, 0.717) is 0 Å². The number of pyridine rings is 2. The molecule has 6 heteroatoms. The third kappa shape index (κ3) is 3.91. The summed E-state index contributed by atoms with van der Waals surface area (Å²) in [5, 5.41) is 2.28. The minimum atomic E-state index is -3.08. The number of fused-ring (bicyclic) bond motifs is 3. The number of hydrogen-bond acceptors (Lipinski definition) is 2. The van der Waals surface area contributed by atoms with E-state index < -0.39 is 6.68 Å². The molecule has 0 aliphatic rings. The Labute approximate surface area is 118 Å². The fourth-order valence-corrected chi connectivity index (χ4v) is 1.68. The van der Waals surface area contributed by atoms with Crippen molar-refractivity contribution in [3.8, 4) is 0 Å². The molecule has 2 aromatic heterocycles. The first-order valence-electron chi connectivity index (χ1n) is 5.10. The topological polar surface area (TPSA) is 25.8 Å². The maximum atomic E-state index is 9.58. The van der Waals surface area contributed by atoms with Crippen molar-refractivity contribution in [3.05, 3.63) is 55.5 Å². The number of benzene rings is 1. The number of hydrogen-bond donors (Lipinski definition) is 0. The molecule has 0 spiro atoms. The molecule has 0 aliphatic carbocycles. The van der Waals surface area contributed by atoms with Crippen LogP contribution in [0.4, 0.5) is 13.2 Å². The smallest absolute Gasteiger partial charge is 0.254 e. The van der Waals surface area contributed by atoms with Gasteiger partial charge in [-0.3, -0.25) is 9.97 Å². The molecule has 0 amide bonds. The van der Waals surface area contributed by atoms with E-state index in [1.54, 1.807) is 12.4 Å². The molecule has 0 N–H and O–H groups in total. The van der Waals surface area contributed by atoms with Crippen molar-refractivity contribution in [1.29, 1.82) is 0 Å². The Morgan fingerprint density at radius 1 is 0.737 bits per heavy atom. The Hall–Kier alpha value is -1.65. The summed E-state index contributed by atoms with van der Waals surface area (Å²) < 4.78 is 28.8. The van der Waals surface area contributed by atoms with Crippen LogP contribution in [0.1, 0.15) is 0 Å². The summed E-state index contributed by atoms with van der Waals surface area (Å²) in [6.45, 7) is -3.08. The van der Waals surface area contributed by atoms with Gasteiger partial charge in [-0.05, 0) is 12.1 Å². The van der Waals surface area contributed by atoms with Crippen molar-refractivity contribution in [1.82, 2.24) is 9.97 Å². The van der Waals surface area contributed by atoms with Gasteiger partial charge in [-0.2, -0.15) is 13.2 Å². The first-order valence-corrected chi connectivity index (χ1v) is 5.10. The summed E-state index contributed by atoms with van der Waals surface area (Å²) in [6.07, 6.45) is 3.60. The monoisotopic (exact) mass is 312 g/mol. The summed E-state index contributed by atoms with van der Waals surface area (Å²) in [4.78, 5) is 8.69. The molecule has 3 rings (SSSR count). The number of rotatable bonds is 0. The number of halogens is 3. The van der Waals surface area contributed by atoms with Crippen LogP contribution in [0, 0.1) is 6.68 Å². The van der Waals surface area contributed by atoms with Crippen LogP contribution < -0.4 is 0 Å². The molecule has 0 saturated heterocycles. The van der Waals surface area contributed by atoms with Crippen LogP contribution in [-0.2, 0) is 17.1 Å². The fraction of sp³-hybridized carbons (Fsp3) is 0. The Morgan fingerprint density at radius 2 is 1.11 bits per heavy atom. The summed E-state index contributed by atoms with van der Waals surface area (Å²) in [5.74, 6) is 0. The predicted octanol–water partition coefficient (Wildman–Crippen LogP) is 4.12. The van der Waals surface area contributed by atoms with E-state index in [0.717, 1.165) is 21.8 Å². The van der Waals surface area contributed by atoms with Gasteiger partial charge in [-0.25, -0.2) is 0 Å². The van der Waals surface area contributed by atoms with E-state index in [9.17, 15) is 13.2 Å². The quantitative estimate of drug-likeness (QED) is 0.461. The van der Waals surface area contributed by atoms with Gasteiger partial charge in [0, 0.05) is 40.2 Å². The van der Waals surface area contributed by atoms with Gasteiger partial charge in [-0.15, -0.1) is 0 Å². The van der Waals surface area contributed by atoms with Crippen molar-refractivity contribution < 1.29 is 30.2 Å². The van der Waals surface area contributed by atoms with E-state index >= 15 is 0 Å². The van der Waals surface area contributed by atoms with Gasteiger partial charge in [0.2, 0.25) is 0 Å². The van der Waals surface area contributed by atoms with Crippen LogP contribution >= 0.6 is 0 Å². The van der Waals surface area contributed by atoms with E-state index in [2.05, 4.69) is 34.2 Å². The molecule has 0 saturated carbocycles. The summed E-state index contributed by atoms with van der Waals surface area (Å²) >= 11 is 0. The van der Waals surface area contributed by atoms with Crippen LogP contribution in [0.2, 0.25) is 0 Å². The average molecular weight is 313 g/mol. The largest absolute Gasteiger partial charge is 0.487 e. The van der Waals surface area contributed by atoms with Crippen molar-refractivity contribution in [2.45, 2.75) is 0 Å². The van der Waals surface area contributed by atoms with E-state index in [-0.39, 0.29) is 17.1 Å². The Balaban J connectivity index is 0.000000323. The van der Waals surface area contributed by atoms with Gasteiger partial charge in [0.25, 0.3) is 0 Å². The fourth-order valence-electron chi connectivity index (χ4n) is 1.68. The number of aromatic nitrogens is 2. The molecular weight excluding hydrogens is 305 g/mol. The number of nitrogens with zero attached hydrogens (tertiary/aromatic N) is 2. The molecule has 19 heavy (non-hydrogen) atoms. The minimum Gasteiger partial charge on any atom is -0.254 e. The minimum absolute atomic E-state index is 0. The summed E-state index contributed by atoms with van der Waals surface area (Å²) in [5.41, 5.74) is 1.95. The van der Waals surface area contributed by atoms with Crippen LogP contribution in [0.25, 0.3) is 21.8 Å². The molecule has 1 aromatic carbocycles. The standard InChI is InChI=1S/C12H8N2.CF3.Cu/c1-3-9-5-6-10-4-2-8-14-12(10)11(9)13-7-1;2-1(3)4;/h1-8H;;. The van der Waals surface area contributed by atoms with Gasteiger partial charge in [0.05, 0.1) is 11.0 Å². The zero-order valence-electron chi connectivity index (χ0n) is 9.45. The van der Waals surface area contributed by atoms with Crippen LogP contribution in [0.15, 0.2) is 48.8 Å². The molecule has 3 aromatic rings. The normalized spacial score (nSPS) is 9.89. The molecule has 0 aliphatic heterocycles. The summed E-state index contributed by atoms with van der Waals surface area (Å²) in [6, 6.07) is 12.1. The van der Waals surface area contributed by atoms with Crippen molar-refractivity contribution in [3.63, 3.8) is 0 Å². The van der Waals surface area contributed by atoms with Gasteiger partial charge >= 0.3 is 6.68 Å². The van der Waals surface area contributed by atoms with E-state index in [4.69, 9.17) is 0 Å². The second-order valence-corrected chi connectivity index (χ2v) is 3.43. The van der Waals surface area contributed by atoms with Gasteiger partial charge in [-0.1, -0.05) is 24.3 Å². The zero-order chi connectivity index (χ0) is 13.0. The Kier molecular flexibility index (Phi) is 5.73. The first-order chi connectivity index (χ1) is 8.68. The van der Waals surface area contributed by atoms with E-state index in [1.165, 1.54) is 0 Å². The molecule has 2 nitrogen and oxygen atoms in total. The molecule has 102 valence electrons. The molecule has 0 unspecified atom stereocenters. The van der Waals surface area contributed by atoms with Crippen molar-refractivity contribution in [2.75, 3.05) is 0 Å². The third-order valence-electron chi connectivity index (χ3n) is 2.34. The molecular formula is C13H8CuF3N2. The van der Waals surface area contributed by atoms with Gasteiger partial charge in [0.1, 0.15) is 0 Å². The Morgan fingerprint density at radius 3 is 1.47 bits per heavy atom. The third-order valence-corrected chi connectivity index (χ3v) is 2.34. The predicted molar refractivity (Wildman–Crippen MR) is 63.6 cm³/mol. The van der Waals surface area contributed by atoms with Gasteiger partial charge in [0.15, 0.2) is 0 Å². The molecule has 0 fully saturated rings. The van der Waals surface area contributed by atoms with E-state index in [1.807, 2.05) is 12.1 Å². The van der Waals surface area contributed by atoms with Crippen molar-refractivity contribution in [2.24, 2.45) is 0 Å². The first kappa shape index (κ1) is 15.4. The van der Waals surface area contributed by atoms with Crippen LogP contribution in [0.3, 0.4) is 0 Å². The molecule has 2 heterocycles. The summed E-state index contributed by atoms with van der Waals surface area (Å²) in [7, 11) is 0. The van der Waals surface area contributed by atoms with Gasteiger partial charge < -0.3 is 0 Å². The molecule has 0 bridgehead atoms. The average Bonchev–Trinajstić information content (AvgIpc) is 2.38. The van der Waals surface area contributed by atoms with Crippen molar-refractivity contribution >= 4 is 21.8 Å². The Bertz CT molecular complexity index is 604. The maximum Gasteiger partial charge on any atom is 0.487 e. The second kappa shape index (κ2) is 7.07. The SMILES string of the molecule is F[C](F)F.[Cu].c1cnc2c(c1)ccc1cccnc12. The maximum absolute atomic E-state index is 9.58. The van der Waals surface area contributed by atoms with Crippen LogP contribution in [-0.4, -0.2) is 9.97 Å². The zero-order valence-corrected chi connectivity index (χ0v) is 10.4. The molecule has 2 radical (unpaired) electrons.